The molecule has 2 heterocycles. The highest BCUT2D eigenvalue weighted by Gasteiger charge is 2.30. The minimum Gasteiger partial charge on any atom is -0.316 e. The number of fused-ring (bicyclic) bond motifs is 1. The van der Waals surface area contributed by atoms with Crippen molar-refractivity contribution in [1.82, 2.24) is 4.40 Å². The lowest BCUT2D eigenvalue weighted by Crippen LogP contribution is -2.09. The molecule has 0 amide bonds. The molecule has 0 bridgehead atoms. The topological polar surface area (TPSA) is 4.41 Å². The van der Waals surface area contributed by atoms with E-state index in [4.69, 9.17) is 0 Å². The predicted molar refractivity (Wildman–Crippen MR) is 91.3 cm³/mol. The molecule has 126 valence electrons. The highest BCUT2D eigenvalue weighted by atomic mass is 19.4. The number of benzene rings is 1. The molecule has 0 saturated heterocycles. The van der Waals surface area contributed by atoms with E-state index in [1.807, 2.05) is 19.1 Å². The van der Waals surface area contributed by atoms with Crippen LogP contribution in [0.1, 0.15) is 37.5 Å². The molecule has 24 heavy (non-hydrogen) atoms. The van der Waals surface area contributed by atoms with Gasteiger partial charge in [0.15, 0.2) is 0 Å². The van der Waals surface area contributed by atoms with Crippen molar-refractivity contribution in [2.75, 3.05) is 0 Å². The van der Waals surface area contributed by atoms with E-state index in [1.165, 1.54) is 5.56 Å². The van der Waals surface area contributed by atoms with Crippen molar-refractivity contribution in [2.24, 2.45) is 0 Å². The van der Waals surface area contributed by atoms with Gasteiger partial charge in [-0.25, -0.2) is 0 Å². The van der Waals surface area contributed by atoms with E-state index in [0.717, 1.165) is 34.5 Å². The maximum Gasteiger partial charge on any atom is 0.416 e. The standard InChI is InChI=1S/C20H20F3N/c1-13-5-10-17-11-16(19(2,3)4)12-24(17)18(13)14-6-8-15(9-7-14)20(21,22)23/h5-12H,1-4H3. The molecule has 0 spiro atoms. The van der Waals surface area contributed by atoms with Crippen LogP contribution in [0.5, 0.6) is 0 Å². The summed E-state index contributed by atoms with van der Waals surface area (Å²) in [6, 6.07) is 11.5. The van der Waals surface area contributed by atoms with E-state index in [9.17, 15) is 13.2 Å². The van der Waals surface area contributed by atoms with Crippen LogP contribution < -0.4 is 0 Å². The molecule has 3 aromatic rings. The first-order chi connectivity index (χ1) is 11.1. The number of hydrogen-bond donors (Lipinski definition) is 0. The zero-order chi connectivity index (χ0) is 17.7. The van der Waals surface area contributed by atoms with Crippen molar-refractivity contribution in [1.29, 1.82) is 0 Å². The van der Waals surface area contributed by atoms with Crippen molar-refractivity contribution < 1.29 is 13.2 Å². The second kappa shape index (κ2) is 5.40. The molecule has 4 heteroatoms. The summed E-state index contributed by atoms with van der Waals surface area (Å²) in [4.78, 5) is 0. The number of hydrogen-bond acceptors (Lipinski definition) is 0. The number of rotatable bonds is 1. The van der Waals surface area contributed by atoms with Gasteiger partial charge in [-0.2, -0.15) is 13.2 Å². The Bertz CT molecular complexity index is 878. The van der Waals surface area contributed by atoms with Crippen molar-refractivity contribution in [3.8, 4) is 11.3 Å². The number of halogens is 3. The zero-order valence-corrected chi connectivity index (χ0v) is 14.2. The summed E-state index contributed by atoms with van der Waals surface area (Å²) < 4.78 is 40.4. The molecule has 0 aliphatic rings. The van der Waals surface area contributed by atoms with Gasteiger partial charge in [0, 0.05) is 11.7 Å². The summed E-state index contributed by atoms with van der Waals surface area (Å²) >= 11 is 0. The van der Waals surface area contributed by atoms with E-state index in [0.29, 0.717) is 0 Å². The number of aromatic nitrogens is 1. The lowest BCUT2D eigenvalue weighted by Gasteiger charge is -2.16. The second-order valence-corrected chi connectivity index (χ2v) is 7.21. The van der Waals surface area contributed by atoms with E-state index in [1.54, 1.807) is 12.1 Å². The fourth-order valence-electron chi connectivity index (χ4n) is 2.88. The van der Waals surface area contributed by atoms with Crippen LogP contribution in [-0.2, 0) is 11.6 Å². The van der Waals surface area contributed by atoms with Crippen LogP contribution in [0, 0.1) is 6.92 Å². The van der Waals surface area contributed by atoms with Crippen LogP contribution in [0.3, 0.4) is 0 Å². The minimum absolute atomic E-state index is 0.0112. The molecule has 2 aromatic heterocycles. The zero-order valence-electron chi connectivity index (χ0n) is 14.2. The van der Waals surface area contributed by atoms with Crippen LogP contribution in [0.2, 0.25) is 0 Å². The van der Waals surface area contributed by atoms with Gasteiger partial charge < -0.3 is 4.40 Å². The first kappa shape index (κ1) is 16.6. The number of alkyl halides is 3. The normalized spacial score (nSPS) is 12.8. The van der Waals surface area contributed by atoms with Gasteiger partial charge in [0.05, 0.1) is 11.3 Å². The quantitative estimate of drug-likeness (QED) is 0.498. The van der Waals surface area contributed by atoms with E-state index >= 15 is 0 Å². The number of aryl methyl sites for hydroxylation is 1. The predicted octanol–water partition coefficient (Wildman–Crippen LogP) is 6.23. The van der Waals surface area contributed by atoms with Crippen molar-refractivity contribution in [2.45, 2.75) is 39.3 Å². The van der Waals surface area contributed by atoms with E-state index in [-0.39, 0.29) is 5.41 Å². The Morgan fingerprint density at radius 3 is 2.00 bits per heavy atom. The smallest absolute Gasteiger partial charge is 0.316 e. The Labute approximate surface area is 139 Å². The average molecular weight is 331 g/mol. The van der Waals surface area contributed by atoms with Crippen molar-refractivity contribution in [3.63, 3.8) is 0 Å². The summed E-state index contributed by atoms with van der Waals surface area (Å²) in [5, 5.41) is 0. The summed E-state index contributed by atoms with van der Waals surface area (Å²) in [5.74, 6) is 0. The molecule has 0 N–H and O–H groups in total. The van der Waals surface area contributed by atoms with Crippen molar-refractivity contribution >= 4 is 5.52 Å². The summed E-state index contributed by atoms with van der Waals surface area (Å²) in [5.41, 5.74) is 4.36. The summed E-state index contributed by atoms with van der Waals surface area (Å²) in [6.45, 7) is 8.41. The van der Waals surface area contributed by atoms with Gasteiger partial charge >= 0.3 is 6.18 Å². The maximum atomic E-state index is 12.8. The molecule has 0 radical (unpaired) electrons. The van der Waals surface area contributed by atoms with Crippen LogP contribution in [0.4, 0.5) is 13.2 Å². The van der Waals surface area contributed by atoms with Crippen LogP contribution in [0.15, 0.2) is 48.7 Å². The van der Waals surface area contributed by atoms with Crippen LogP contribution in [-0.4, -0.2) is 4.40 Å². The maximum absolute atomic E-state index is 12.8. The fourth-order valence-corrected chi connectivity index (χ4v) is 2.88. The molecular formula is C20H20F3N. The molecule has 0 saturated carbocycles. The third-order valence-electron chi connectivity index (χ3n) is 4.32. The van der Waals surface area contributed by atoms with E-state index in [2.05, 4.69) is 37.4 Å². The summed E-state index contributed by atoms with van der Waals surface area (Å²) in [7, 11) is 0. The molecule has 0 fully saturated rings. The van der Waals surface area contributed by atoms with Gasteiger partial charge in [-0.15, -0.1) is 0 Å². The molecule has 0 aliphatic carbocycles. The number of pyridine rings is 1. The van der Waals surface area contributed by atoms with Gasteiger partial charge in [-0.05, 0) is 53.3 Å². The number of nitrogens with zero attached hydrogens (tertiary/aromatic N) is 1. The third kappa shape index (κ3) is 2.93. The van der Waals surface area contributed by atoms with Crippen molar-refractivity contribution in [3.05, 3.63) is 65.4 Å². The fraction of sp³-hybridized carbons (Fsp3) is 0.300. The lowest BCUT2D eigenvalue weighted by atomic mass is 9.89. The Hall–Kier alpha value is -2.23. The van der Waals surface area contributed by atoms with Crippen LogP contribution in [0.25, 0.3) is 16.8 Å². The second-order valence-electron chi connectivity index (χ2n) is 7.21. The average Bonchev–Trinajstić information content (AvgIpc) is 2.90. The Morgan fingerprint density at radius 2 is 1.46 bits per heavy atom. The SMILES string of the molecule is Cc1ccc2cc(C(C)(C)C)cn2c1-c1ccc(C(F)(F)F)cc1. The van der Waals surface area contributed by atoms with Gasteiger partial charge in [-0.3, -0.25) is 0 Å². The van der Waals surface area contributed by atoms with Gasteiger partial charge in [0.25, 0.3) is 0 Å². The first-order valence-corrected chi connectivity index (χ1v) is 7.87. The largest absolute Gasteiger partial charge is 0.416 e. The third-order valence-corrected chi connectivity index (χ3v) is 4.32. The monoisotopic (exact) mass is 331 g/mol. The molecule has 0 atom stereocenters. The van der Waals surface area contributed by atoms with Gasteiger partial charge in [0.2, 0.25) is 0 Å². The minimum atomic E-state index is -4.31. The molecular weight excluding hydrogens is 311 g/mol. The van der Waals surface area contributed by atoms with Gasteiger partial charge in [0.1, 0.15) is 0 Å². The Morgan fingerprint density at radius 1 is 0.833 bits per heavy atom. The molecule has 0 aliphatic heterocycles. The molecule has 0 unspecified atom stereocenters. The van der Waals surface area contributed by atoms with Crippen LogP contribution >= 0.6 is 0 Å². The molecule has 1 aromatic carbocycles. The highest BCUT2D eigenvalue weighted by molar-refractivity contribution is 5.70. The van der Waals surface area contributed by atoms with E-state index < -0.39 is 11.7 Å². The molecule has 3 rings (SSSR count). The molecule has 1 nitrogen and oxygen atoms in total. The Balaban J connectivity index is 2.18. The highest BCUT2D eigenvalue weighted by Crippen LogP contribution is 2.33. The Kier molecular flexibility index (Phi) is 3.74. The lowest BCUT2D eigenvalue weighted by molar-refractivity contribution is -0.137. The summed E-state index contributed by atoms with van der Waals surface area (Å²) in [6.07, 6.45) is -2.23. The van der Waals surface area contributed by atoms with Gasteiger partial charge in [-0.1, -0.05) is 39.0 Å². The first-order valence-electron chi connectivity index (χ1n) is 7.87.